The van der Waals surface area contributed by atoms with Crippen molar-refractivity contribution in [2.24, 2.45) is 0 Å². The molecule has 0 N–H and O–H groups in total. The molecule has 1 fully saturated rings. The Morgan fingerprint density at radius 2 is 1.51 bits per heavy atom. The van der Waals surface area contributed by atoms with Crippen LogP contribution in [0.25, 0.3) is 11.0 Å². The number of furan rings is 1. The fraction of sp³-hybridized carbons (Fsp3) is 0.243. The van der Waals surface area contributed by atoms with E-state index in [-0.39, 0.29) is 29.7 Å². The number of rotatable bonds is 10. The van der Waals surface area contributed by atoms with Crippen molar-refractivity contribution in [1.82, 2.24) is 4.90 Å². The lowest BCUT2D eigenvalue weighted by molar-refractivity contribution is 0.0491. The second-order valence-electron chi connectivity index (χ2n) is 11.4. The molecule has 242 valence electrons. The Labute approximate surface area is 275 Å². The molecule has 0 unspecified atom stereocenters. The molecule has 1 saturated heterocycles. The van der Waals surface area contributed by atoms with Crippen molar-refractivity contribution >= 4 is 44.2 Å². The molecule has 2 heterocycles. The molecule has 4 aromatic carbocycles. The predicted molar refractivity (Wildman–Crippen MR) is 183 cm³/mol. The lowest BCUT2D eigenvalue weighted by Crippen LogP contribution is -2.49. The lowest BCUT2D eigenvalue weighted by Gasteiger charge is -2.38. The molecule has 1 aliphatic rings. The summed E-state index contributed by atoms with van der Waals surface area (Å²) < 4.78 is 41.6. The van der Waals surface area contributed by atoms with Crippen molar-refractivity contribution in [2.75, 3.05) is 48.5 Å². The number of nitrogens with zero attached hydrogens (tertiary/aromatic N) is 3. The zero-order chi connectivity index (χ0) is 33.0. The Hall–Kier alpha value is -5.09. The van der Waals surface area contributed by atoms with E-state index in [1.165, 1.54) is 10.4 Å². The molecule has 1 aromatic heterocycles. The van der Waals surface area contributed by atoms with Gasteiger partial charge < -0.3 is 19.0 Å². The van der Waals surface area contributed by atoms with E-state index in [0.29, 0.717) is 60.4 Å². The first-order valence-corrected chi connectivity index (χ1v) is 17.2. The molecule has 5 aromatic rings. The van der Waals surface area contributed by atoms with Gasteiger partial charge in [0.15, 0.2) is 0 Å². The zero-order valence-corrected chi connectivity index (χ0v) is 27.3. The lowest BCUT2D eigenvalue weighted by atomic mass is 10.1. The monoisotopic (exact) mass is 651 g/mol. The van der Waals surface area contributed by atoms with Crippen LogP contribution >= 0.6 is 0 Å². The van der Waals surface area contributed by atoms with Crippen LogP contribution in [0.2, 0.25) is 0 Å². The standard InChI is InChI=1S/C37H37N3O6S/c1-3-45-37(42)35-27(2)31-26-30(18-19-34(31)46-35)47(43,44)40(21-20-28-12-6-4-7-13-28)33-17-11-10-16-32(33)38-22-24-39(25-23-38)36(41)29-14-8-5-9-15-29/h4-19,26H,3,20-25H2,1-2H3. The summed E-state index contributed by atoms with van der Waals surface area (Å²) in [5.41, 5.74) is 3.93. The summed E-state index contributed by atoms with van der Waals surface area (Å²) in [4.78, 5) is 29.7. The molecule has 10 heteroatoms. The van der Waals surface area contributed by atoms with Crippen molar-refractivity contribution in [2.45, 2.75) is 25.2 Å². The van der Waals surface area contributed by atoms with Crippen LogP contribution < -0.4 is 9.21 Å². The number of hydrogen-bond donors (Lipinski definition) is 0. The maximum atomic E-state index is 14.6. The average molecular weight is 652 g/mol. The third kappa shape index (κ3) is 6.59. The average Bonchev–Trinajstić information content (AvgIpc) is 3.45. The molecule has 0 radical (unpaired) electrons. The minimum Gasteiger partial charge on any atom is -0.460 e. The number of sulfonamides is 1. The highest BCUT2D eigenvalue weighted by Crippen LogP contribution is 2.36. The highest BCUT2D eigenvalue weighted by molar-refractivity contribution is 7.92. The summed E-state index contributed by atoms with van der Waals surface area (Å²) in [6.45, 7) is 5.97. The summed E-state index contributed by atoms with van der Waals surface area (Å²) in [5.74, 6) is -0.538. The van der Waals surface area contributed by atoms with Gasteiger partial charge in [-0.2, -0.15) is 0 Å². The number of piperazine rings is 1. The second-order valence-corrected chi connectivity index (χ2v) is 13.2. The van der Waals surface area contributed by atoms with Gasteiger partial charge in [-0.1, -0.05) is 60.7 Å². The van der Waals surface area contributed by atoms with E-state index in [2.05, 4.69) is 4.90 Å². The van der Waals surface area contributed by atoms with Crippen LogP contribution in [0.3, 0.4) is 0 Å². The fourth-order valence-corrected chi connectivity index (χ4v) is 7.49. The fourth-order valence-electron chi connectivity index (χ4n) is 5.98. The summed E-state index contributed by atoms with van der Waals surface area (Å²) in [6.07, 6.45) is 0.494. The number of carbonyl (C=O) groups is 2. The third-order valence-corrected chi connectivity index (χ3v) is 10.3. The van der Waals surface area contributed by atoms with E-state index >= 15 is 0 Å². The van der Waals surface area contributed by atoms with Crippen molar-refractivity contribution in [3.05, 3.63) is 126 Å². The number of anilines is 2. The molecule has 0 spiro atoms. The molecule has 47 heavy (non-hydrogen) atoms. The van der Waals surface area contributed by atoms with Gasteiger partial charge in [-0.3, -0.25) is 9.10 Å². The Morgan fingerprint density at radius 1 is 0.851 bits per heavy atom. The van der Waals surface area contributed by atoms with Gasteiger partial charge in [0.05, 0.1) is 22.9 Å². The first-order valence-electron chi connectivity index (χ1n) is 15.7. The molecular formula is C37H37N3O6S. The zero-order valence-electron chi connectivity index (χ0n) is 26.5. The van der Waals surface area contributed by atoms with Crippen LogP contribution in [0.5, 0.6) is 0 Å². The predicted octanol–water partition coefficient (Wildman–Crippen LogP) is 6.32. The van der Waals surface area contributed by atoms with E-state index in [1.54, 1.807) is 26.0 Å². The number of carbonyl (C=O) groups excluding carboxylic acids is 2. The maximum absolute atomic E-state index is 14.6. The van der Waals surface area contributed by atoms with Crippen LogP contribution in [0.1, 0.15) is 39.0 Å². The molecule has 0 aliphatic carbocycles. The van der Waals surface area contributed by atoms with Crippen LogP contribution in [0, 0.1) is 6.92 Å². The number of para-hydroxylation sites is 2. The van der Waals surface area contributed by atoms with E-state index in [1.807, 2.05) is 89.8 Å². The Bertz CT molecular complexity index is 1990. The smallest absolute Gasteiger partial charge is 0.374 e. The number of benzene rings is 4. The first-order chi connectivity index (χ1) is 22.8. The number of amides is 1. The Kier molecular flexibility index (Phi) is 9.31. The summed E-state index contributed by atoms with van der Waals surface area (Å²) >= 11 is 0. The Morgan fingerprint density at radius 3 is 2.21 bits per heavy atom. The maximum Gasteiger partial charge on any atom is 0.374 e. The van der Waals surface area contributed by atoms with Crippen LogP contribution in [0.4, 0.5) is 11.4 Å². The molecule has 9 nitrogen and oxygen atoms in total. The van der Waals surface area contributed by atoms with Crippen molar-refractivity contribution in [3.8, 4) is 0 Å². The molecular weight excluding hydrogens is 614 g/mol. The summed E-state index contributed by atoms with van der Waals surface area (Å²) in [6, 6.07) is 31.2. The van der Waals surface area contributed by atoms with E-state index < -0.39 is 16.0 Å². The van der Waals surface area contributed by atoms with E-state index in [0.717, 1.165) is 11.3 Å². The highest BCUT2D eigenvalue weighted by atomic mass is 32.2. The van der Waals surface area contributed by atoms with Gasteiger partial charge in [-0.15, -0.1) is 0 Å². The van der Waals surface area contributed by atoms with Crippen molar-refractivity contribution < 1.29 is 27.2 Å². The van der Waals surface area contributed by atoms with Crippen molar-refractivity contribution in [3.63, 3.8) is 0 Å². The summed E-state index contributed by atoms with van der Waals surface area (Å²) in [5, 5.41) is 0.532. The number of esters is 1. The van der Waals surface area contributed by atoms with Gasteiger partial charge in [0.25, 0.3) is 15.9 Å². The van der Waals surface area contributed by atoms with Crippen LogP contribution in [0.15, 0.2) is 112 Å². The normalized spacial score (nSPS) is 13.5. The van der Waals surface area contributed by atoms with Gasteiger partial charge in [0.2, 0.25) is 5.76 Å². The minimum atomic E-state index is -4.09. The number of aryl methyl sites for hydroxylation is 1. The van der Waals surface area contributed by atoms with Crippen LogP contribution in [-0.4, -0.2) is 64.5 Å². The molecule has 1 amide bonds. The molecule has 0 bridgehead atoms. The van der Waals surface area contributed by atoms with Gasteiger partial charge >= 0.3 is 5.97 Å². The van der Waals surface area contributed by atoms with E-state index in [9.17, 15) is 18.0 Å². The third-order valence-electron chi connectivity index (χ3n) is 8.48. The Balaban J connectivity index is 1.34. The SMILES string of the molecule is CCOC(=O)c1oc2ccc(S(=O)(=O)N(CCc3ccccc3)c3ccccc3N3CCN(C(=O)c4ccccc4)CC3)cc2c1C. The van der Waals surface area contributed by atoms with Gasteiger partial charge in [0, 0.05) is 49.2 Å². The number of fused-ring (bicyclic) bond motifs is 1. The number of ether oxygens (including phenoxy) is 1. The largest absolute Gasteiger partial charge is 0.460 e. The second kappa shape index (κ2) is 13.7. The van der Waals surface area contributed by atoms with Crippen molar-refractivity contribution in [1.29, 1.82) is 0 Å². The minimum absolute atomic E-state index is 0.0124. The van der Waals surface area contributed by atoms with Gasteiger partial charge in [0.1, 0.15) is 5.58 Å². The molecule has 6 rings (SSSR count). The number of hydrogen-bond acceptors (Lipinski definition) is 7. The van der Waals surface area contributed by atoms with Gasteiger partial charge in [-0.25, -0.2) is 13.2 Å². The van der Waals surface area contributed by atoms with E-state index in [4.69, 9.17) is 9.15 Å². The molecule has 1 aliphatic heterocycles. The highest BCUT2D eigenvalue weighted by Gasteiger charge is 2.31. The first kappa shape index (κ1) is 31.9. The van der Waals surface area contributed by atoms with Crippen LogP contribution in [-0.2, 0) is 21.2 Å². The quantitative estimate of drug-likeness (QED) is 0.163. The summed E-state index contributed by atoms with van der Waals surface area (Å²) in [7, 11) is -4.09. The molecule has 0 atom stereocenters. The topological polar surface area (TPSA) is 100 Å². The van der Waals surface area contributed by atoms with Gasteiger partial charge in [-0.05, 0) is 68.3 Å². The molecule has 0 saturated carbocycles.